The second kappa shape index (κ2) is 9.05. The minimum Gasteiger partial charge on any atom is -0.493 e. The maximum Gasteiger partial charge on any atom is 0.255 e. The number of pyridine rings is 2. The monoisotopic (exact) mass is 432 g/mol. The van der Waals surface area contributed by atoms with Crippen molar-refractivity contribution in [1.82, 2.24) is 14.9 Å². The molecule has 32 heavy (non-hydrogen) atoms. The van der Waals surface area contributed by atoms with Crippen molar-refractivity contribution in [2.45, 2.75) is 25.0 Å². The number of hydrogen-bond donors (Lipinski definition) is 1. The lowest BCUT2D eigenvalue weighted by molar-refractivity contribution is -0.128. The van der Waals surface area contributed by atoms with Gasteiger partial charge in [-0.05, 0) is 55.3 Å². The van der Waals surface area contributed by atoms with Crippen LogP contribution in [-0.4, -0.2) is 40.3 Å². The first-order valence-corrected chi connectivity index (χ1v) is 10.3. The van der Waals surface area contributed by atoms with E-state index in [1.165, 1.54) is 12.0 Å². The predicted molar refractivity (Wildman–Crippen MR) is 117 cm³/mol. The maximum atomic E-state index is 13.5. The Morgan fingerprint density at radius 3 is 2.50 bits per heavy atom. The van der Waals surface area contributed by atoms with Gasteiger partial charge in [-0.2, -0.15) is 0 Å². The molecule has 1 aliphatic rings. The second-order valence-corrected chi connectivity index (χ2v) is 7.48. The Bertz CT molecular complexity index is 1110. The number of carbonyl (C=O) groups excluding carboxylic acids is 2. The average molecular weight is 432 g/mol. The fourth-order valence-electron chi connectivity index (χ4n) is 4.06. The van der Waals surface area contributed by atoms with Crippen LogP contribution in [0.2, 0.25) is 0 Å². The molecule has 2 N–H and O–H groups in total. The van der Waals surface area contributed by atoms with Crippen molar-refractivity contribution < 1.29 is 19.1 Å². The van der Waals surface area contributed by atoms with E-state index in [0.29, 0.717) is 42.1 Å². The van der Waals surface area contributed by atoms with Crippen LogP contribution >= 0.6 is 0 Å². The van der Waals surface area contributed by atoms with Crippen molar-refractivity contribution in [2.75, 3.05) is 13.7 Å². The number of nitrogens with zero attached hydrogens (tertiary/aromatic N) is 3. The van der Waals surface area contributed by atoms with Gasteiger partial charge in [-0.1, -0.05) is 12.1 Å². The third-order valence-corrected chi connectivity index (χ3v) is 5.63. The first-order chi connectivity index (χ1) is 15.6. The zero-order chi connectivity index (χ0) is 22.6. The van der Waals surface area contributed by atoms with E-state index in [1.54, 1.807) is 48.8 Å². The van der Waals surface area contributed by atoms with Gasteiger partial charge in [0.05, 0.1) is 18.5 Å². The van der Waals surface area contributed by atoms with Crippen LogP contribution in [0.3, 0.4) is 0 Å². The van der Waals surface area contributed by atoms with Gasteiger partial charge in [0.2, 0.25) is 5.91 Å². The smallest absolute Gasteiger partial charge is 0.255 e. The normalized spacial score (nSPS) is 17.7. The Hall–Kier alpha value is -3.94. The highest BCUT2D eigenvalue weighted by atomic mass is 16.5. The fraction of sp³-hybridized carbons (Fsp3) is 0.250. The van der Waals surface area contributed by atoms with Gasteiger partial charge in [-0.3, -0.25) is 19.6 Å². The van der Waals surface area contributed by atoms with Gasteiger partial charge in [0, 0.05) is 24.5 Å². The molecule has 1 aromatic carbocycles. The van der Waals surface area contributed by atoms with Crippen molar-refractivity contribution >= 4 is 11.8 Å². The van der Waals surface area contributed by atoms with Crippen LogP contribution in [0.4, 0.5) is 0 Å². The summed E-state index contributed by atoms with van der Waals surface area (Å²) in [5.41, 5.74) is 6.16. The Labute approximate surface area is 186 Å². The fourth-order valence-corrected chi connectivity index (χ4v) is 4.06. The minimum atomic E-state index is -1.28. The SMILES string of the molecule is COc1cc(C(=O)N2CCC[C@@]2(C(N)=O)c2ccccn2)ccc1OCc1ccccn1. The zero-order valence-corrected chi connectivity index (χ0v) is 17.7. The highest BCUT2D eigenvalue weighted by Crippen LogP contribution is 2.39. The van der Waals surface area contributed by atoms with Crippen molar-refractivity contribution in [1.29, 1.82) is 0 Å². The quantitative estimate of drug-likeness (QED) is 0.615. The molecule has 0 unspecified atom stereocenters. The molecule has 1 fully saturated rings. The molecule has 0 radical (unpaired) electrons. The van der Waals surface area contributed by atoms with Gasteiger partial charge in [-0.25, -0.2) is 0 Å². The molecule has 3 aromatic rings. The van der Waals surface area contributed by atoms with Crippen molar-refractivity contribution in [3.63, 3.8) is 0 Å². The average Bonchev–Trinajstić information content (AvgIpc) is 3.30. The number of rotatable bonds is 7. The highest BCUT2D eigenvalue weighted by Gasteiger charge is 2.51. The molecule has 8 nitrogen and oxygen atoms in total. The second-order valence-electron chi connectivity index (χ2n) is 7.48. The molecule has 0 saturated carbocycles. The largest absolute Gasteiger partial charge is 0.493 e. The van der Waals surface area contributed by atoms with Gasteiger partial charge in [0.15, 0.2) is 17.0 Å². The van der Waals surface area contributed by atoms with Crippen LogP contribution in [0.5, 0.6) is 11.5 Å². The molecular weight excluding hydrogens is 408 g/mol. The van der Waals surface area contributed by atoms with Crippen LogP contribution in [0.15, 0.2) is 67.0 Å². The Morgan fingerprint density at radius 1 is 1.06 bits per heavy atom. The summed E-state index contributed by atoms with van der Waals surface area (Å²) in [6.07, 6.45) is 4.36. The lowest BCUT2D eigenvalue weighted by Gasteiger charge is -2.35. The van der Waals surface area contributed by atoms with E-state index in [0.717, 1.165) is 5.69 Å². The van der Waals surface area contributed by atoms with E-state index in [1.807, 2.05) is 18.2 Å². The summed E-state index contributed by atoms with van der Waals surface area (Å²) in [5.74, 6) is -0.0126. The van der Waals surface area contributed by atoms with Crippen molar-refractivity contribution in [2.24, 2.45) is 5.73 Å². The zero-order valence-electron chi connectivity index (χ0n) is 17.7. The Balaban J connectivity index is 1.61. The number of methoxy groups -OCH3 is 1. The summed E-state index contributed by atoms with van der Waals surface area (Å²) in [5, 5.41) is 0. The number of nitrogens with two attached hydrogens (primary N) is 1. The molecule has 0 spiro atoms. The number of primary amides is 1. The van der Waals surface area contributed by atoms with Crippen LogP contribution in [0, 0.1) is 0 Å². The van der Waals surface area contributed by atoms with Crippen molar-refractivity contribution in [3.8, 4) is 11.5 Å². The van der Waals surface area contributed by atoms with Gasteiger partial charge in [0.25, 0.3) is 5.91 Å². The van der Waals surface area contributed by atoms with Gasteiger partial charge in [0.1, 0.15) is 6.61 Å². The molecule has 0 aliphatic carbocycles. The number of carbonyl (C=O) groups is 2. The summed E-state index contributed by atoms with van der Waals surface area (Å²) >= 11 is 0. The van der Waals surface area contributed by atoms with E-state index in [2.05, 4.69) is 9.97 Å². The van der Waals surface area contributed by atoms with Crippen LogP contribution in [0.1, 0.15) is 34.6 Å². The molecule has 1 saturated heterocycles. The lowest BCUT2D eigenvalue weighted by atomic mass is 9.90. The van der Waals surface area contributed by atoms with E-state index < -0.39 is 11.4 Å². The molecular formula is C24H24N4O4. The maximum absolute atomic E-state index is 13.5. The molecule has 1 atom stereocenters. The first-order valence-electron chi connectivity index (χ1n) is 10.3. The first kappa shape index (κ1) is 21.3. The molecule has 8 heteroatoms. The van der Waals surface area contributed by atoms with E-state index in [9.17, 15) is 9.59 Å². The molecule has 3 heterocycles. The predicted octanol–water partition coefficient (Wildman–Crippen LogP) is 2.68. The minimum absolute atomic E-state index is 0.265. The Morgan fingerprint density at radius 2 is 1.84 bits per heavy atom. The molecule has 2 aromatic heterocycles. The van der Waals surface area contributed by atoms with Crippen LogP contribution in [0.25, 0.3) is 0 Å². The third kappa shape index (κ3) is 3.87. The number of aromatic nitrogens is 2. The van der Waals surface area contributed by atoms with Gasteiger partial charge >= 0.3 is 0 Å². The molecule has 164 valence electrons. The summed E-state index contributed by atoms with van der Waals surface area (Å²) in [7, 11) is 1.51. The van der Waals surface area contributed by atoms with E-state index in [-0.39, 0.29) is 12.5 Å². The number of likely N-dealkylation sites (tertiary alicyclic amines) is 1. The number of ether oxygens (including phenoxy) is 2. The molecule has 0 bridgehead atoms. The number of amides is 2. The topological polar surface area (TPSA) is 108 Å². The number of benzene rings is 1. The molecule has 4 rings (SSSR count). The standard InChI is InChI=1S/C24H24N4O4/c1-31-20-15-17(9-10-19(20)32-16-18-7-2-4-12-26-18)22(29)28-14-6-11-24(28,23(25)30)21-8-3-5-13-27-21/h2-5,7-10,12-13,15H,6,11,14,16H2,1H3,(H2,25,30)/t24-/m0/s1. The van der Waals surface area contributed by atoms with Crippen LogP contribution < -0.4 is 15.2 Å². The van der Waals surface area contributed by atoms with E-state index >= 15 is 0 Å². The highest BCUT2D eigenvalue weighted by molar-refractivity contribution is 6.00. The molecule has 1 aliphatic heterocycles. The Kier molecular flexibility index (Phi) is 6.02. The summed E-state index contributed by atoms with van der Waals surface area (Å²) in [6, 6.07) is 15.8. The van der Waals surface area contributed by atoms with E-state index in [4.69, 9.17) is 15.2 Å². The lowest BCUT2D eigenvalue weighted by Crippen LogP contribution is -2.54. The van der Waals surface area contributed by atoms with Gasteiger partial charge in [-0.15, -0.1) is 0 Å². The van der Waals surface area contributed by atoms with Gasteiger partial charge < -0.3 is 20.1 Å². The third-order valence-electron chi connectivity index (χ3n) is 5.63. The molecule has 2 amide bonds. The van der Waals surface area contributed by atoms with Crippen molar-refractivity contribution in [3.05, 3.63) is 83.9 Å². The summed E-state index contributed by atoms with van der Waals surface area (Å²) < 4.78 is 11.3. The number of hydrogen-bond acceptors (Lipinski definition) is 6. The summed E-state index contributed by atoms with van der Waals surface area (Å²) in [6.45, 7) is 0.666. The van der Waals surface area contributed by atoms with Crippen LogP contribution in [-0.2, 0) is 16.9 Å². The summed E-state index contributed by atoms with van der Waals surface area (Å²) in [4.78, 5) is 36.2.